The number of para-hydroxylation sites is 1. The Labute approximate surface area is 164 Å². The number of carbonyl (C=O) groups is 1. The monoisotopic (exact) mass is 377 g/mol. The van der Waals surface area contributed by atoms with Gasteiger partial charge in [0.15, 0.2) is 0 Å². The third-order valence-corrected chi connectivity index (χ3v) is 3.62. The van der Waals surface area contributed by atoms with E-state index in [1.165, 1.54) is 0 Å². The Hall–Kier alpha value is -3.61. The molecule has 0 saturated carbocycles. The first-order valence-electron chi connectivity index (χ1n) is 9.00. The van der Waals surface area contributed by atoms with E-state index in [0.717, 1.165) is 11.4 Å². The highest BCUT2D eigenvalue weighted by molar-refractivity contribution is 5.99. The van der Waals surface area contributed by atoms with Crippen molar-refractivity contribution < 1.29 is 9.53 Å². The maximum Gasteiger partial charge on any atom is 0.323 e. The topological polar surface area (TPSA) is 88.2 Å². The lowest BCUT2D eigenvalue weighted by molar-refractivity contribution is 0.232. The molecule has 2 amide bonds. The van der Waals surface area contributed by atoms with Gasteiger partial charge in [0.2, 0.25) is 5.88 Å². The molecular weight excluding hydrogens is 354 g/mol. The summed E-state index contributed by atoms with van der Waals surface area (Å²) in [5, 5.41) is 8.79. The van der Waals surface area contributed by atoms with E-state index in [1.54, 1.807) is 6.07 Å². The fraction of sp³-hybridized carbons (Fsp3) is 0.190. The van der Waals surface area contributed by atoms with Crippen LogP contribution in [0.5, 0.6) is 5.88 Å². The SMILES string of the molecule is Cc1nc(Nc2ccc(NC(=O)Nc3ccccc3)cc2)cc(OC(C)C)n1. The molecule has 1 aromatic heterocycles. The minimum atomic E-state index is -0.297. The van der Waals surface area contributed by atoms with Crippen LogP contribution in [0.15, 0.2) is 60.7 Å². The maximum atomic E-state index is 12.1. The standard InChI is InChI=1S/C21H23N5O2/c1-14(2)28-20-13-19(22-15(3)23-20)24-17-9-11-18(12-10-17)26-21(27)25-16-7-5-4-6-8-16/h4-14H,1-3H3,(H,22,23,24)(H2,25,26,27). The molecule has 2 aromatic carbocycles. The normalized spacial score (nSPS) is 10.4. The van der Waals surface area contributed by atoms with E-state index in [4.69, 9.17) is 4.74 Å². The number of urea groups is 1. The number of ether oxygens (including phenoxy) is 1. The van der Waals surface area contributed by atoms with Crippen LogP contribution in [0, 0.1) is 6.92 Å². The summed E-state index contributed by atoms with van der Waals surface area (Å²) in [7, 11) is 0. The number of hydrogen-bond acceptors (Lipinski definition) is 5. The zero-order valence-electron chi connectivity index (χ0n) is 16.1. The quantitative estimate of drug-likeness (QED) is 0.565. The highest BCUT2D eigenvalue weighted by Crippen LogP contribution is 2.21. The van der Waals surface area contributed by atoms with Crippen molar-refractivity contribution in [1.82, 2.24) is 9.97 Å². The first-order valence-corrected chi connectivity index (χ1v) is 9.00. The van der Waals surface area contributed by atoms with Crippen molar-refractivity contribution in [3.63, 3.8) is 0 Å². The smallest absolute Gasteiger partial charge is 0.323 e. The van der Waals surface area contributed by atoms with Gasteiger partial charge in [-0.15, -0.1) is 0 Å². The second-order valence-electron chi connectivity index (χ2n) is 6.45. The molecule has 0 spiro atoms. The third kappa shape index (κ3) is 5.70. The molecule has 3 aromatic rings. The van der Waals surface area contributed by atoms with Crippen molar-refractivity contribution in [1.29, 1.82) is 0 Å². The molecule has 0 aliphatic carbocycles. The van der Waals surface area contributed by atoms with Gasteiger partial charge in [-0.2, -0.15) is 4.98 Å². The van der Waals surface area contributed by atoms with Crippen molar-refractivity contribution in [3.05, 3.63) is 66.5 Å². The van der Waals surface area contributed by atoms with Crippen molar-refractivity contribution in [2.45, 2.75) is 26.9 Å². The number of benzene rings is 2. The maximum absolute atomic E-state index is 12.1. The number of amides is 2. The van der Waals surface area contributed by atoms with Crippen LogP contribution < -0.4 is 20.7 Å². The number of aryl methyl sites for hydroxylation is 1. The average Bonchev–Trinajstić information content (AvgIpc) is 2.63. The zero-order valence-corrected chi connectivity index (χ0v) is 16.1. The van der Waals surface area contributed by atoms with Crippen LogP contribution in [0.2, 0.25) is 0 Å². The van der Waals surface area contributed by atoms with Gasteiger partial charge < -0.3 is 20.7 Å². The molecule has 3 N–H and O–H groups in total. The fourth-order valence-corrected chi connectivity index (χ4v) is 2.51. The number of nitrogens with zero attached hydrogens (tertiary/aromatic N) is 2. The van der Waals surface area contributed by atoms with E-state index in [9.17, 15) is 4.79 Å². The van der Waals surface area contributed by atoms with Crippen LogP contribution in [0.1, 0.15) is 19.7 Å². The van der Waals surface area contributed by atoms with Crippen LogP contribution in [0.3, 0.4) is 0 Å². The van der Waals surface area contributed by atoms with E-state index in [-0.39, 0.29) is 12.1 Å². The van der Waals surface area contributed by atoms with Crippen molar-refractivity contribution in [2.75, 3.05) is 16.0 Å². The summed E-state index contributed by atoms with van der Waals surface area (Å²) in [5.41, 5.74) is 2.25. The molecule has 3 rings (SSSR count). The van der Waals surface area contributed by atoms with Crippen molar-refractivity contribution in [2.24, 2.45) is 0 Å². The van der Waals surface area contributed by atoms with Gasteiger partial charge in [-0.3, -0.25) is 0 Å². The van der Waals surface area contributed by atoms with Crippen LogP contribution in [-0.2, 0) is 0 Å². The fourth-order valence-electron chi connectivity index (χ4n) is 2.51. The van der Waals surface area contributed by atoms with Gasteiger partial charge in [-0.25, -0.2) is 9.78 Å². The summed E-state index contributed by atoms with van der Waals surface area (Å²) >= 11 is 0. The summed E-state index contributed by atoms with van der Waals surface area (Å²) < 4.78 is 5.64. The summed E-state index contributed by atoms with van der Waals surface area (Å²) in [5.74, 6) is 1.79. The van der Waals surface area contributed by atoms with E-state index in [0.29, 0.717) is 23.2 Å². The molecule has 7 nitrogen and oxygen atoms in total. The van der Waals surface area contributed by atoms with Crippen LogP contribution in [0.4, 0.5) is 27.7 Å². The number of carbonyl (C=O) groups excluding carboxylic acids is 1. The third-order valence-electron chi connectivity index (χ3n) is 3.62. The largest absolute Gasteiger partial charge is 0.475 e. The molecule has 0 fully saturated rings. The van der Waals surface area contributed by atoms with Gasteiger partial charge in [0.25, 0.3) is 0 Å². The predicted molar refractivity (Wildman–Crippen MR) is 111 cm³/mol. The minimum absolute atomic E-state index is 0.0366. The number of anilines is 4. The molecule has 0 atom stereocenters. The van der Waals surface area contributed by atoms with Crippen molar-refractivity contribution >= 4 is 28.9 Å². The Balaban J connectivity index is 1.61. The lowest BCUT2D eigenvalue weighted by Crippen LogP contribution is -2.19. The Morgan fingerprint density at radius 2 is 1.50 bits per heavy atom. The molecule has 0 unspecified atom stereocenters. The average molecular weight is 377 g/mol. The van der Waals surface area contributed by atoms with Gasteiger partial charge in [-0.1, -0.05) is 18.2 Å². The highest BCUT2D eigenvalue weighted by atomic mass is 16.5. The lowest BCUT2D eigenvalue weighted by Gasteiger charge is -2.12. The van der Waals surface area contributed by atoms with Gasteiger partial charge in [0, 0.05) is 23.1 Å². The number of aromatic nitrogens is 2. The molecule has 0 radical (unpaired) electrons. The summed E-state index contributed by atoms with van der Waals surface area (Å²) in [6, 6.07) is 18.1. The molecule has 28 heavy (non-hydrogen) atoms. The summed E-state index contributed by atoms with van der Waals surface area (Å²) in [6.07, 6.45) is 0.0366. The summed E-state index contributed by atoms with van der Waals surface area (Å²) in [6.45, 7) is 5.71. The molecule has 7 heteroatoms. The Morgan fingerprint density at radius 1 is 0.893 bits per heavy atom. The predicted octanol–water partition coefficient (Wildman–Crippen LogP) is 4.96. The highest BCUT2D eigenvalue weighted by Gasteiger charge is 2.06. The molecule has 144 valence electrons. The molecule has 0 bridgehead atoms. The Bertz CT molecular complexity index is 927. The van der Waals surface area contributed by atoms with Crippen LogP contribution in [-0.4, -0.2) is 22.1 Å². The second kappa shape index (κ2) is 8.85. The zero-order chi connectivity index (χ0) is 19.9. The lowest BCUT2D eigenvalue weighted by atomic mass is 10.2. The van der Waals surface area contributed by atoms with Gasteiger partial charge in [0.05, 0.1) is 6.10 Å². The molecule has 0 saturated heterocycles. The minimum Gasteiger partial charge on any atom is -0.475 e. The second-order valence-corrected chi connectivity index (χ2v) is 6.45. The number of rotatable bonds is 6. The number of nitrogens with one attached hydrogen (secondary N) is 3. The number of hydrogen-bond donors (Lipinski definition) is 3. The van der Waals surface area contributed by atoms with Crippen LogP contribution >= 0.6 is 0 Å². The molecular formula is C21H23N5O2. The van der Waals surface area contributed by atoms with E-state index in [1.807, 2.05) is 75.4 Å². The molecule has 0 aliphatic rings. The van der Waals surface area contributed by atoms with E-state index >= 15 is 0 Å². The van der Waals surface area contributed by atoms with Gasteiger partial charge >= 0.3 is 6.03 Å². The first kappa shape index (κ1) is 19.2. The van der Waals surface area contributed by atoms with Gasteiger partial charge in [0.1, 0.15) is 11.6 Å². The van der Waals surface area contributed by atoms with Crippen LogP contribution in [0.25, 0.3) is 0 Å². The van der Waals surface area contributed by atoms with E-state index in [2.05, 4.69) is 25.9 Å². The first-order chi connectivity index (χ1) is 13.5. The molecule has 0 aliphatic heterocycles. The van der Waals surface area contributed by atoms with E-state index < -0.39 is 0 Å². The Morgan fingerprint density at radius 3 is 2.14 bits per heavy atom. The molecule has 1 heterocycles. The van der Waals surface area contributed by atoms with Crippen molar-refractivity contribution in [3.8, 4) is 5.88 Å². The van der Waals surface area contributed by atoms with Gasteiger partial charge in [-0.05, 0) is 57.2 Å². The Kier molecular flexibility index (Phi) is 6.06. The summed E-state index contributed by atoms with van der Waals surface area (Å²) in [4.78, 5) is 20.7.